The summed E-state index contributed by atoms with van der Waals surface area (Å²) in [5.41, 5.74) is 1.13. The summed E-state index contributed by atoms with van der Waals surface area (Å²) in [6, 6.07) is 11.8. The molecule has 0 saturated carbocycles. The summed E-state index contributed by atoms with van der Waals surface area (Å²) >= 11 is 0. The number of aliphatic hydroxyl groups excluding tert-OH is 1. The molecule has 2 aromatic carbocycles. The lowest BCUT2D eigenvalue weighted by Crippen LogP contribution is -2.28. The van der Waals surface area contributed by atoms with Gasteiger partial charge in [0.05, 0.1) is 18.6 Å². The zero-order chi connectivity index (χ0) is 19.1. The minimum atomic E-state index is -1.09. The van der Waals surface area contributed by atoms with E-state index in [9.17, 15) is 19.1 Å². The first kappa shape index (κ1) is 19.4. The maximum absolute atomic E-state index is 13.2. The molecular weight excluding hydrogens is 341 g/mol. The van der Waals surface area contributed by atoms with Crippen LogP contribution in [-0.4, -0.2) is 28.7 Å². The fraction of sp³-hybridized carbons (Fsp3) is 0.263. The second-order valence-electron chi connectivity index (χ2n) is 5.82. The number of halogens is 1. The smallest absolute Gasteiger partial charge is 0.341 e. The molecule has 2 unspecified atom stereocenters. The Morgan fingerprint density at radius 2 is 1.85 bits per heavy atom. The molecule has 0 aliphatic carbocycles. The number of aliphatic hydroxyl groups is 1. The maximum atomic E-state index is 13.2. The first-order valence-corrected chi connectivity index (χ1v) is 8.02. The second-order valence-corrected chi connectivity index (χ2v) is 5.82. The molecule has 0 radical (unpaired) electrons. The van der Waals surface area contributed by atoms with Crippen LogP contribution < -0.4 is 10.1 Å². The molecule has 0 aromatic heterocycles. The molecule has 3 N–H and O–H groups in total. The van der Waals surface area contributed by atoms with E-state index in [2.05, 4.69) is 5.32 Å². The van der Waals surface area contributed by atoms with Gasteiger partial charge in [-0.2, -0.15) is 0 Å². The average Bonchev–Trinajstić information content (AvgIpc) is 2.60. The minimum Gasteiger partial charge on any atom is -0.482 e. The van der Waals surface area contributed by atoms with E-state index in [1.54, 1.807) is 37.3 Å². The predicted octanol–water partition coefficient (Wildman–Crippen LogP) is 2.59. The number of aliphatic carboxylic acids is 1. The van der Waals surface area contributed by atoms with E-state index in [0.717, 1.165) is 5.56 Å². The largest absolute Gasteiger partial charge is 0.482 e. The van der Waals surface area contributed by atoms with Gasteiger partial charge in [0.2, 0.25) is 5.91 Å². The lowest BCUT2D eigenvalue weighted by Gasteiger charge is -2.17. The van der Waals surface area contributed by atoms with Crippen molar-refractivity contribution in [2.24, 2.45) is 0 Å². The van der Waals surface area contributed by atoms with Crippen molar-refractivity contribution in [1.29, 1.82) is 0 Å². The molecule has 0 bridgehead atoms. The van der Waals surface area contributed by atoms with Gasteiger partial charge in [-0.1, -0.05) is 24.3 Å². The number of amides is 1. The number of carbonyl (C=O) groups excluding carboxylic acids is 1. The molecular formula is C19H20FNO5. The topological polar surface area (TPSA) is 95.9 Å². The Hall–Kier alpha value is -2.93. The zero-order valence-corrected chi connectivity index (χ0v) is 14.2. The monoisotopic (exact) mass is 361 g/mol. The van der Waals surface area contributed by atoms with Crippen molar-refractivity contribution in [2.75, 3.05) is 6.61 Å². The molecule has 0 spiro atoms. The molecule has 1 amide bonds. The minimum absolute atomic E-state index is 0.187. The predicted molar refractivity (Wildman–Crippen MR) is 92.1 cm³/mol. The van der Waals surface area contributed by atoms with Gasteiger partial charge in [-0.25, -0.2) is 9.18 Å². The first-order valence-electron chi connectivity index (χ1n) is 8.02. The molecule has 6 nitrogen and oxygen atoms in total. The number of carboxylic acid groups (broad SMARTS) is 1. The van der Waals surface area contributed by atoms with Crippen molar-refractivity contribution in [1.82, 2.24) is 5.32 Å². The molecule has 138 valence electrons. The Bertz CT molecular complexity index is 763. The van der Waals surface area contributed by atoms with Crippen LogP contribution >= 0.6 is 0 Å². The molecule has 0 heterocycles. The average molecular weight is 361 g/mol. The number of hydrogen-bond donors (Lipinski definition) is 3. The lowest BCUT2D eigenvalue weighted by molar-refractivity contribution is -0.139. The number of rotatable bonds is 8. The summed E-state index contributed by atoms with van der Waals surface area (Å²) in [6.45, 7) is 1.35. The van der Waals surface area contributed by atoms with Gasteiger partial charge >= 0.3 is 5.97 Å². The maximum Gasteiger partial charge on any atom is 0.341 e. The van der Waals surface area contributed by atoms with Crippen LogP contribution in [-0.2, 0) is 9.59 Å². The summed E-state index contributed by atoms with van der Waals surface area (Å²) in [6.07, 6.45) is -1.28. The Morgan fingerprint density at radius 1 is 1.15 bits per heavy atom. The Kier molecular flexibility index (Phi) is 6.68. The molecule has 0 aliphatic heterocycles. The molecule has 2 aromatic rings. The van der Waals surface area contributed by atoms with E-state index < -0.39 is 24.5 Å². The summed E-state index contributed by atoms with van der Waals surface area (Å²) in [5.74, 6) is -1.50. The van der Waals surface area contributed by atoms with Crippen LogP contribution in [0.1, 0.15) is 36.6 Å². The zero-order valence-electron chi connectivity index (χ0n) is 14.2. The highest BCUT2D eigenvalue weighted by atomic mass is 19.1. The van der Waals surface area contributed by atoms with E-state index in [4.69, 9.17) is 9.84 Å². The fourth-order valence-corrected chi connectivity index (χ4v) is 2.39. The number of carbonyl (C=O) groups is 2. The highest BCUT2D eigenvalue weighted by Gasteiger charge is 2.16. The molecule has 0 saturated heterocycles. The highest BCUT2D eigenvalue weighted by Crippen LogP contribution is 2.20. The van der Waals surface area contributed by atoms with Gasteiger partial charge in [0.1, 0.15) is 11.6 Å². The van der Waals surface area contributed by atoms with Gasteiger partial charge in [0.25, 0.3) is 0 Å². The van der Waals surface area contributed by atoms with Crippen molar-refractivity contribution in [3.05, 3.63) is 65.5 Å². The SMILES string of the molecule is CC(NC(=O)CC(O)c1cccc(F)c1)c1ccc(OCC(=O)O)cc1. The van der Waals surface area contributed by atoms with Crippen molar-refractivity contribution >= 4 is 11.9 Å². The van der Waals surface area contributed by atoms with Crippen molar-refractivity contribution < 1.29 is 28.9 Å². The molecule has 2 atom stereocenters. The van der Waals surface area contributed by atoms with E-state index >= 15 is 0 Å². The van der Waals surface area contributed by atoms with Gasteiger partial charge in [-0.15, -0.1) is 0 Å². The van der Waals surface area contributed by atoms with Gasteiger partial charge in [0, 0.05) is 0 Å². The van der Waals surface area contributed by atoms with Crippen LogP contribution in [0.3, 0.4) is 0 Å². The van der Waals surface area contributed by atoms with Crippen LogP contribution in [0.4, 0.5) is 4.39 Å². The van der Waals surface area contributed by atoms with Crippen LogP contribution in [0.25, 0.3) is 0 Å². The molecule has 0 aliphatic rings. The van der Waals surface area contributed by atoms with E-state index in [-0.39, 0.29) is 18.4 Å². The Morgan fingerprint density at radius 3 is 2.46 bits per heavy atom. The third-order valence-electron chi connectivity index (χ3n) is 3.73. The first-order chi connectivity index (χ1) is 12.3. The van der Waals surface area contributed by atoms with Crippen molar-refractivity contribution in [3.63, 3.8) is 0 Å². The van der Waals surface area contributed by atoms with E-state index in [0.29, 0.717) is 11.3 Å². The summed E-state index contributed by atoms with van der Waals surface area (Å²) in [7, 11) is 0. The van der Waals surface area contributed by atoms with E-state index in [1.165, 1.54) is 18.2 Å². The number of benzene rings is 2. The van der Waals surface area contributed by atoms with Crippen LogP contribution in [0.2, 0.25) is 0 Å². The highest BCUT2D eigenvalue weighted by molar-refractivity contribution is 5.77. The number of nitrogens with one attached hydrogen (secondary N) is 1. The second kappa shape index (κ2) is 8.96. The number of carboxylic acids is 1. The standard InChI is InChI=1S/C19H20FNO5/c1-12(13-5-7-16(8-6-13)26-11-19(24)25)21-18(23)10-17(22)14-3-2-4-15(20)9-14/h2-9,12,17,22H,10-11H2,1H3,(H,21,23)(H,24,25). The van der Waals surface area contributed by atoms with Crippen LogP contribution in [0, 0.1) is 5.82 Å². The van der Waals surface area contributed by atoms with Crippen molar-refractivity contribution in [2.45, 2.75) is 25.5 Å². The molecule has 26 heavy (non-hydrogen) atoms. The fourth-order valence-electron chi connectivity index (χ4n) is 2.39. The van der Waals surface area contributed by atoms with E-state index in [1.807, 2.05) is 0 Å². The van der Waals surface area contributed by atoms with Crippen LogP contribution in [0.15, 0.2) is 48.5 Å². The number of ether oxygens (including phenoxy) is 1. The third kappa shape index (κ3) is 5.86. The molecule has 0 fully saturated rings. The lowest BCUT2D eigenvalue weighted by atomic mass is 10.0. The molecule has 7 heteroatoms. The Balaban J connectivity index is 1.89. The molecule has 2 rings (SSSR count). The summed E-state index contributed by atoms with van der Waals surface area (Å²) in [5, 5.41) is 21.4. The van der Waals surface area contributed by atoms with Gasteiger partial charge in [-0.3, -0.25) is 4.79 Å². The van der Waals surface area contributed by atoms with Gasteiger partial charge < -0.3 is 20.3 Å². The van der Waals surface area contributed by atoms with Crippen LogP contribution in [0.5, 0.6) is 5.75 Å². The number of hydrogen-bond acceptors (Lipinski definition) is 4. The summed E-state index contributed by atoms with van der Waals surface area (Å²) < 4.78 is 18.2. The van der Waals surface area contributed by atoms with Gasteiger partial charge in [-0.05, 0) is 42.3 Å². The normalized spacial score (nSPS) is 12.9. The van der Waals surface area contributed by atoms with Crippen molar-refractivity contribution in [3.8, 4) is 5.75 Å². The Labute approximate surface area is 150 Å². The quantitative estimate of drug-likeness (QED) is 0.672. The van der Waals surface area contributed by atoms with Gasteiger partial charge in [0.15, 0.2) is 6.61 Å². The third-order valence-corrected chi connectivity index (χ3v) is 3.73. The summed E-state index contributed by atoms with van der Waals surface area (Å²) in [4.78, 5) is 22.5.